The van der Waals surface area contributed by atoms with E-state index in [1.54, 1.807) is 0 Å². The number of nitrogens with two attached hydrogens (primary N) is 1. The van der Waals surface area contributed by atoms with Crippen LogP contribution in [0.3, 0.4) is 0 Å². The largest absolute Gasteiger partial charge is 0.291 e. The Hall–Kier alpha value is 0.570. The number of hydrogen-bond acceptors (Lipinski definition) is 1. The molecule has 0 aromatic carbocycles. The number of rotatable bonds is 5. The molecule has 3 N–H and O–H groups in total. The third kappa shape index (κ3) is 5.36. The van der Waals surface area contributed by atoms with Gasteiger partial charge in [0.2, 0.25) is 0 Å². The van der Waals surface area contributed by atoms with Gasteiger partial charge in [-0.3, -0.25) is 10.6 Å². The second-order valence-corrected chi connectivity index (χ2v) is 6.87. The average molecular weight is 180 g/mol. The van der Waals surface area contributed by atoms with Gasteiger partial charge < -0.3 is 0 Å². The van der Waals surface area contributed by atoms with Crippen LogP contribution in [-0.2, 0) is 11.8 Å². The highest BCUT2D eigenvalue weighted by molar-refractivity contribution is 8.12. The van der Waals surface area contributed by atoms with Crippen LogP contribution in [-0.4, -0.2) is 12.7 Å². The van der Waals surface area contributed by atoms with E-state index in [0.717, 1.165) is 12.7 Å². The normalized spacial score (nSPS) is 16.7. The van der Waals surface area contributed by atoms with Crippen LogP contribution in [0.15, 0.2) is 0 Å². The lowest BCUT2D eigenvalue weighted by Crippen LogP contribution is -2.18. The Bertz CT molecular complexity index is 127. The molecule has 0 aromatic heterocycles. The molecule has 0 rings (SSSR count). The maximum Gasteiger partial charge on any atom is 0.0694 e. The van der Waals surface area contributed by atoms with Gasteiger partial charge in [-0.1, -0.05) is 32.1 Å². The van der Waals surface area contributed by atoms with Crippen molar-refractivity contribution in [1.29, 1.82) is 0 Å². The van der Waals surface area contributed by atoms with Crippen LogP contribution in [0.2, 0.25) is 0 Å². The smallest absolute Gasteiger partial charge is 0.0694 e. The van der Waals surface area contributed by atoms with Crippen molar-refractivity contribution in [2.45, 2.75) is 26.7 Å². The molecule has 2 nitrogen and oxygen atoms in total. The zero-order valence-electron chi connectivity index (χ0n) is 6.76. The van der Waals surface area contributed by atoms with Crippen molar-refractivity contribution in [3.63, 3.8) is 0 Å². The van der Waals surface area contributed by atoms with Gasteiger partial charge >= 0.3 is 0 Å². The van der Waals surface area contributed by atoms with E-state index in [9.17, 15) is 0 Å². The highest BCUT2D eigenvalue weighted by Gasteiger charge is 2.03. The molecule has 0 saturated carbocycles. The molecular weight excluding hydrogens is 163 g/mol. The molecule has 0 fully saturated rings. The minimum absolute atomic E-state index is 0.909. The van der Waals surface area contributed by atoms with E-state index in [0.29, 0.717) is 0 Å². The summed E-state index contributed by atoms with van der Waals surface area (Å²) in [6, 6.07) is 0. The molecule has 0 aliphatic rings. The Labute approximate surface area is 68.7 Å². The number of unbranched alkanes of at least 4 members (excludes halogenated alkanes) is 1. The molecule has 0 spiro atoms. The monoisotopic (exact) mass is 180 g/mol. The zero-order valence-corrected chi connectivity index (χ0v) is 8.47. The van der Waals surface area contributed by atoms with Gasteiger partial charge in [0, 0.05) is 6.54 Å². The van der Waals surface area contributed by atoms with Crippen molar-refractivity contribution in [3.05, 3.63) is 0 Å². The van der Waals surface area contributed by atoms with E-state index in [4.69, 9.17) is 17.3 Å². The van der Waals surface area contributed by atoms with Crippen LogP contribution in [0.1, 0.15) is 26.7 Å². The maximum atomic E-state index is 5.77. The molecule has 4 heteroatoms. The van der Waals surface area contributed by atoms with Gasteiger partial charge in [0.25, 0.3) is 0 Å². The lowest BCUT2D eigenvalue weighted by Gasteiger charge is -2.15. The van der Waals surface area contributed by atoms with Crippen molar-refractivity contribution in [1.82, 2.24) is 5.09 Å². The second-order valence-electron chi connectivity index (χ2n) is 2.37. The summed E-state index contributed by atoms with van der Waals surface area (Å²) in [7, 11) is 0. The third-order valence-electron chi connectivity index (χ3n) is 1.38. The Morgan fingerprint density at radius 2 is 2.10 bits per heavy atom. The first-order valence-electron chi connectivity index (χ1n) is 3.75. The highest BCUT2D eigenvalue weighted by atomic mass is 32.4. The van der Waals surface area contributed by atoms with Gasteiger partial charge in [0.1, 0.15) is 0 Å². The molecule has 0 bridgehead atoms. The molecule has 1 atom stereocenters. The van der Waals surface area contributed by atoms with E-state index >= 15 is 0 Å². The molecule has 62 valence electrons. The molecule has 0 aliphatic carbocycles. The fraction of sp³-hybridized carbons (Fsp3) is 1.00. The highest BCUT2D eigenvalue weighted by Crippen LogP contribution is 2.29. The first kappa shape index (κ1) is 10.6. The quantitative estimate of drug-likeness (QED) is 0.499. The van der Waals surface area contributed by atoms with Crippen molar-refractivity contribution in [3.8, 4) is 0 Å². The van der Waals surface area contributed by atoms with Crippen LogP contribution >= 0.6 is 6.34 Å². The van der Waals surface area contributed by atoms with Gasteiger partial charge in [0.15, 0.2) is 0 Å². The molecule has 0 amide bonds. The maximum absolute atomic E-state index is 5.77. The standard InChI is InChI=1S/C6H17N2PS/c1-3-5-6-8-9(7,10)4-2/h3-6H2,1-2H3,(H3,7,8,10). The van der Waals surface area contributed by atoms with Crippen LogP contribution < -0.4 is 10.6 Å². The molecular formula is C6H17N2PS. The Morgan fingerprint density at radius 3 is 2.50 bits per heavy atom. The van der Waals surface area contributed by atoms with Gasteiger partial charge in [-0.2, -0.15) is 0 Å². The second kappa shape index (κ2) is 5.25. The lowest BCUT2D eigenvalue weighted by molar-refractivity contribution is 0.769. The summed E-state index contributed by atoms with van der Waals surface area (Å²) in [5.74, 6) is 0. The van der Waals surface area contributed by atoms with Crippen LogP contribution in [0.5, 0.6) is 0 Å². The fourth-order valence-electron chi connectivity index (χ4n) is 0.557. The number of nitrogens with one attached hydrogen (secondary N) is 1. The van der Waals surface area contributed by atoms with Crippen molar-refractivity contribution in [2.24, 2.45) is 5.50 Å². The fourth-order valence-corrected chi connectivity index (χ4v) is 1.59. The molecule has 0 saturated heterocycles. The summed E-state index contributed by atoms with van der Waals surface area (Å²) < 4.78 is 0. The molecule has 0 radical (unpaired) electrons. The minimum Gasteiger partial charge on any atom is -0.291 e. The third-order valence-corrected chi connectivity index (χ3v) is 4.24. The van der Waals surface area contributed by atoms with Crippen molar-refractivity contribution in [2.75, 3.05) is 12.7 Å². The van der Waals surface area contributed by atoms with E-state index in [-0.39, 0.29) is 0 Å². The summed E-state index contributed by atoms with van der Waals surface area (Å²) in [4.78, 5) is 0. The summed E-state index contributed by atoms with van der Waals surface area (Å²) in [6.45, 7) is 5.19. The summed E-state index contributed by atoms with van der Waals surface area (Å²) in [5.41, 5.74) is 5.77. The first-order valence-corrected chi connectivity index (χ1v) is 6.81. The Balaban J connectivity index is 3.38. The Morgan fingerprint density at radius 1 is 1.50 bits per heavy atom. The van der Waals surface area contributed by atoms with E-state index in [1.165, 1.54) is 12.8 Å². The van der Waals surface area contributed by atoms with Crippen LogP contribution in [0.25, 0.3) is 0 Å². The summed E-state index contributed by atoms with van der Waals surface area (Å²) in [5, 5.41) is 3.21. The predicted molar refractivity (Wildman–Crippen MR) is 51.9 cm³/mol. The van der Waals surface area contributed by atoms with Crippen molar-refractivity contribution < 1.29 is 0 Å². The van der Waals surface area contributed by atoms with E-state index < -0.39 is 6.34 Å². The lowest BCUT2D eigenvalue weighted by atomic mass is 10.3. The van der Waals surface area contributed by atoms with Gasteiger partial charge in [-0.05, 0) is 12.6 Å². The summed E-state index contributed by atoms with van der Waals surface area (Å²) >= 11 is 5.14. The Kier molecular flexibility index (Phi) is 5.55. The SMILES string of the molecule is CCCCNP(N)(=S)CC. The minimum atomic E-state index is -1.62. The average Bonchev–Trinajstić information content (AvgIpc) is 1.89. The number of hydrogen-bond donors (Lipinski definition) is 2. The van der Waals surface area contributed by atoms with Gasteiger partial charge in [-0.15, -0.1) is 0 Å². The first-order chi connectivity index (χ1) is 4.62. The van der Waals surface area contributed by atoms with E-state index in [1.807, 2.05) is 6.92 Å². The molecule has 1 unspecified atom stereocenters. The predicted octanol–water partition coefficient (Wildman–Crippen LogP) is 1.66. The molecule has 0 heterocycles. The topological polar surface area (TPSA) is 38.0 Å². The molecule has 0 aromatic rings. The van der Waals surface area contributed by atoms with E-state index in [2.05, 4.69) is 12.0 Å². The summed E-state index contributed by atoms with van der Waals surface area (Å²) in [6.07, 6.45) is 1.67. The van der Waals surface area contributed by atoms with Gasteiger partial charge in [-0.25, -0.2) is 0 Å². The van der Waals surface area contributed by atoms with Crippen LogP contribution in [0.4, 0.5) is 0 Å². The molecule has 0 aliphatic heterocycles. The van der Waals surface area contributed by atoms with Gasteiger partial charge in [0.05, 0.1) is 6.34 Å². The molecule has 10 heavy (non-hydrogen) atoms. The zero-order chi connectivity index (χ0) is 8.04. The van der Waals surface area contributed by atoms with Crippen molar-refractivity contribution >= 4 is 18.1 Å². The van der Waals surface area contributed by atoms with Crippen LogP contribution in [0, 0.1) is 0 Å².